The number of nitrogens with one attached hydrogen (secondary N) is 1. The van der Waals surface area contributed by atoms with Gasteiger partial charge in [-0.2, -0.15) is 0 Å². The number of amides is 1. The summed E-state index contributed by atoms with van der Waals surface area (Å²) in [5.41, 5.74) is 3.02. The van der Waals surface area contributed by atoms with Crippen LogP contribution < -0.4 is 5.32 Å². The summed E-state index contributed by atoms with van der Waals surface area (Å²) in [5.74, 6) is 0.832. The molecule has 0 saturated carbocycles. The molecule has 1 amide bonds. The summed E-state index contributed by atoms with van der Waals surface area (Å²) >= 11 is 0. The molecule has 1 unspecified atom stereocenters. The fourth-order valence-electron chi connectivity index (χ4n) is 2.86. The first-order valence-corrected chi connectivity index (χ1v) is 7.15. The van der Waals surface area contributed by atoms with Gasteiger partial charge in [-0.3, -0.25) is 4.79 Å². The standard InChI is InChI=1S/C16H23NO/c1-2-6-16(18)17-12-11-14-9-5-8-13-7-3-4-10-15(13)14/h3-4,7,10,14H,2,5-6,8-9,11-12H2,1H3,(H,17,18). The van der Waals surface area contributed by atoms with E-state index in [4.69, 9.17) is 0 Å². The van der Waals surface area contributed by atoms with E-state index in [1.165, 1.54) is 30.4 Å². The lowest BCUT2D eigenvalue weighted by atomic mass is 9.81. The lowest BCUT2D eigenvalue weighted by Gasteiger charge is -2.25. The van der Waals surface area contributed by atoms with E-state index in [0.717, 1.165) is 19.4 Å². The maximum atomic E-state index is 11.4. The summed E-state index contributed by atoms with van der Waals surface area (Å²) < 4.78 is 0. The summed E-state index contributed by atoms with van der Waals surface area (Å²) in [4.78, 5) is 11.4. The van der Waals surface area contributed by atoms with Gasteiger partial charge in [-0.1, -0.05) is 31.2 Å². The van der Waals surface area contributed by atoms with Crippen molar-refractivity contribution < 1.29 is 4.79 Å². The van der Waals surface area contributed by atoms with Crippen LogP contribution in [0.2, 0.25) is 0 Å². The minimum atomic E-state index is 0.196. The lowest BCUT2D eigenvalue weighted by molar-refractivity contribution is -0.121. The Balaban J connectivity index is 1.86. The molecule has 0 bridgehead atoms. The van der Waals surface area contributed by atoms with Gasteiger partial charge >= 0.3 is 0 Å². The first-order valence-electron chi connectivity index (χ1n) is 7.15. The van der Waals surface area contributed by atoms with E-state index < -0.39 is 0 Å². The smallest absolute Gasteiger partial charge is 0.219 e. The summed E-state index contributed by atoms with van der Waals surface area (Å²) in [6.07, 6.45) is 6.42. The molecule has 0 aliphatic heterocycles. The second-order valence-electron chi connectivity index (χ2n) is 5.18. The van der Waals surface area contributed by atoms with Gasteiger partial charge in [0.1, 0.15) is 0 Å². The number of hydrogen-bond donors (Lipinski definition) is 1. The van der Waals surface area contributed by atoms with Crippen LogP contribution in [0.25, 0.3) is 0 Å². The average Bonchev–Trinajstić information content (AvgIpc) is 2.39. The van der Waals surface area contributed by atoms with Gasteiger partial charge in [0, 0.05) is 13.0 Å². The zero-order valence-corrected chi connectivity index (χ0v) is 11.2. The van der Waals surface area contributed by atoms with E-state index in [2.05, 4.69) is 29.6 Å². The molecule has 1 N–H and O–H groups in total. The van der Waals surface area contributed by atoms with Crippen LogP contribution in [0.4, 0.5) is 0 Å². The minimum Gasteiger partial charge on any atom is -0.356 e. The van der Waals surface area contributed by atoms with E-state index >= 15 is 0 Å². The third kappa shape index (κ3) is 3.34. The van der Waals surface area contributed by atoms with Crippen LogP contribution in [0.15, 0.2) is 24.3 Å². The Kier molecular flexibility index (Phi) is 4.80. The molecule has 0 aromatic heterocycles. The maximum absolute atomic E-state index is 11.4. The molecule has 0 radical (unpaired) electrons. The second-order valence-corrected chi connectivity index (χ2v) is 5.18. The number of carbonyl (C=O) groups excluding carboxylic acids is 1. The van der Waals surface area contributed by atoms with Crippen molar-refractivity contribution in [3.8, 4) is 0 Å². The predicted molar refractivity (Wildman–Crippen MR) is 74.7 cm³/mol. The fraction of sp³-hybridized carbons (Fsp3) is 0.562. The topological polar surface area (TPSA) is 29.1 Å². The number of aryl methyl sites for hydroxylation is 1. The van der Waals surface area contributed by atoms with Crippen molar-refractivity contribution in [1.82, 2.24) is 5.32 Å². The molecule has 1 aromatic carbocycles. The highest BCUT2D eigenvalue weighted by molar-refractivity contribution is 5.75. The Morgan fingerprint density at radius 3 is 3.06 bits per heavy atom. The molecule has 0 spiro atoms. The summed E-state index contributed by atoms with van der Waals surface area (Å²) in [7, 11) is 0. The highest BCUT2D eigenvalue weighted by Gasteiger charge is 2.19. The Morgan fingerprint density at radius 1 is 1.39 bits per heavy atom. The molecule has 1 aromatic rings. The van der Waals surface area contributed by atoms with Gasteiger partial charge in [-0.25, -0.2) is 0 Å². The summed E-state index contributed by atoms with van der Waals surface area (Å²) in [5, 5.41) is 3.02. The van der Waals surface area contributed by atoms with Crippen molar-refractivity contribution in [2.45, 2.75) is 51.4 Å². The van der Waals surface area contributed by atoms with Crippen LogP contribution in [0.5, 0.6) is 0 Å². The van der Waals surface area contributed by atoms with Crippen LogP contribution in [0.3, 0.4) is 0 Å². The van der Waals surface area contributed by atoms with E-state index in [1.807, 2.05) is 6.92 Å². The molecule has 2 nitrogen and oxygen atoms in total. The normalized spacial score (nSPS) is 18.2. The fourth-order valence-corrected chi connectivity index (χ4v) is 2.86. The summed E-state index contributed by atoms with van der Waals surface area (Å²) in [6.45, 7) is 2.86. The van der Waals surface area contributed by atoms with Crippen LogP contribution in [0, 0.1) is 0 Å². The maximum Gasteiger partial charge on any atom is 0.219 e. The Labute approximate surface area is 110 Å². The molecule has 0 heterocycles. The highest BCUT2D eigenvalue weighted by Crippen LogP contribution is 2.33. The van der Waals surface area contributed by atoms with Crippen LogP contribution >= 0.6 is 0 Å². The zero-order chi connectivity index (χ0) is 12.8. The van der Waals surface area contributed by atoms with E-state index in [0.29, 0.717) is 12.3 Å². The summed E-state index contributed by atoms with van der Waals surface area (Å²) in [6, 6.07) is 8.77. The molecular weight excluding hydrogens is 222 g/mol. The monoisotopic (exact) mass is 245 g/mol. The number of rotatable bonds is 5. The first-order chi connectivity index (χ1) is 8.81. The molecule has 1 aliphatic carbocycles. The van der Waals surface area contributed by atoms with Crippen molar-refractivity contribution in [1.29, 1.82) is 0 Å². The molecule has 2 heteroatoms. The average molecular weight is 245 g/mol. The van der Waals surface area contributed by atoms with Crippen LogP contribution in [0.1, 0.15) is 56.1 Å². The Morgan fingerprint density at radius 2 is 2.22 bits per heavy atom. The largest absolute Gasteiger partial charge is 0.356 e. The molecule has 98 valence electrons. The van der Waals surface area contributed by atoms with Crippen molar-refractivity contribution in [2.75, 3.05) is 6.54 Å². The number of hydrogen-bond acceptors (Lipinski definition) is 1. The van der Waals surface area contributed by atoms with Crippen molar-refractivity contribution >= 4 is 5.91 Å². The molecule has 2 rings (SSSR count). The van der Waals surface area contributed by atoms with Gasteiger partial charge in [-0.15, -0.1) is 0 Å². The van der Waals surface area contributed by atoms with Crippen molar-refractivity contribution in [3.63, 3.8) is 0 Å². The van der Waals surface area contributed by atoms with Gasteiger partial charge < -0.3 is 5.32 Å². The molecule has 1 aliphatic rings. The van der Waals surface area contributed by atoms with Gasteiger partial charge in [0.05, 0.1) is 0 Å². The SMILES string of the molecule is CCCC(=O)NCCC1CCCc2ccccc21. The lowest BCUT2D eigenvalue weighted by Crippen LogP contribution is -2.25. The third-order valence-corrected chi connectivity index (χ3v) is 3.79. The minimum absolute atomic E-state index is 0.196. The van der Waals surface area contributed by atoms with Gasteiger partial charge in [0.25, 0.3) is 0 Å². The number of fused-ring (bicyclic) bond motifs is 1. The van der Waals surface area contributed by atoms with Gasteiger partial charge in [0.15, 0.2) is 0 Å². The Hall–Kier alpha value is -1.31. The molecule has 1 atom stereocenters. The van der Waals surface area contributed by atoms with E-state index in [1.54, 1.807) is 0 Å². The van der Waals surface area contributed by atoms with Crippen LogP contribution in [-0.2, 0) is 11.2 Å². The number of benzene rings is 1. The van der Waals surface area contributed by atoms with E-state index in [9.17, 15) is 4.79 Å². The molecular formula is C16H23NO. The highest BCUT2D eigenvalue weighted by atomic mass is 16.1. The predicted octanol–water partition coefficient (Wildman–Crippen LogP) is 3.41. The molecule has 0 fully saturated rings. The van der Waals surface area contributed by atoms with Crippen molar-refractivity contribution in [3.05, 3.63) is 35.4 Å². The van der Waals surface area contributed by atoms with Crippen molar-refractivity contribution in [2.24, 2.45) is 0 Å². The number of carbonyl (C=O) groups is 1. The Bertz CT molecular complexity index is 400. The van der Waals surface area contributed by atoms with Gasteiger partial charge in [0.2, 0.25) is 5.91 Å². The quantitative estimate of drug-likeness (QED) is 0.846. The molecule has 0 saturated heterocycles. The van der Waals surface area contributed by atoms with Gasteiger partial charge in [-0.05, 0) is 49.1 Å². The first kappa shape index (κ1) is 13.1. The van der Waals surface area contributed by atoms with Crippen LogP contribution in [-0.4, -0.2) is 12.5 Å². The van der Waals surface area contributed by atoms with E-state index in [-0.39, 0.29) is 5.91 Å². The third-order valence-electron chi connectivity index (χ3n) is 3.79. The molecule has 18 heavy (non-hydrogen) atoms. The second kappa shape index (κ2) is 6.58. The zero-order valence-electron chi connectivity index (χ0n) is 11.2.